The van der Waals surface area contributed by atoms with Crippen molar-refractivity contribution in [2.24, 2.45) is 0 Å². The fourth-order valence-corrected chi connectivity index (χ4v) is 1.95. The summed E-state index contributed by atoms with van der Waals surface area (Å²) >= 11 is 0. The summed E-state index contributed by atoms with van der Waals surface area (Å²) in [6.45, 7) is 1.54. The molecule has 0 saturated carbocycles. The van der Waals surface area contributed by atoms with Gasteiger partial charge in [-0.05, 0) is 25.1 Å². The molecule has 0 heterocycles. The SMILES string of the molecule is CCOC(=O)c1ccc(C(=O)O)cc1S(=O)(=O)O.[H-].[K+]. The van der Waals surface area contributed by atoms with E-state index in [1.807, 2.05) is 0 Å². The number of esters is 1. The van der Waals surface area contributed by atoms with Crippen molar-refractivity contribution in [3.8, 4) is 0 Å². The molecule has 0 aromatic heterocycles. The van der Waals surface area contributed by atoms with Crippen molar-refractivity contribution in [1.82, 2.24) is 0 Å². The minimum Gasteiger partial charge on any atom is -1.00 e. The van der Waals surface area contributed by atoms with Crippen molar-refractivity contribution in [3.63, 3.8) is 0 Å². The van der Waals surface area contributed by atoms with Crippen LogP contribution >= 0.6 is 0 Å². The van der Waals surface area contributed by atoms with Gasteiger partial charge < -0.3 is 11.3 Å². The minimum atomic E-state index is -4.72. The molecule has 0 radical (unpaired) electrons. The van der Waals surface area contributed by atoms with Crippen LogP contribution in [0.25, 0.3) is 0 Å². The topological polar surface area (TPSA) is 118 Å². The van der Waals surface area contributed by atoms with Crippen molar-refractivity contribution in [2.45, 2.75) is 11.8 Å². The third-order valence-electron chi connectivity index (χ3n) is 2.00. The summed E-state index contributed by atoms with van der Waals surface area (Å²) in [5, 5.41) is 8.72. The van der Waals surface area contributed by atoms with Gasteiger partial charge in [-0.2, -0.15) is 8.42 Å². The normalized spacial score (nSPS) is 10.4. The number of benzene rings is 1. The molecule has 0 atom stereocenters. The van der Waals surface area contributed by atoms with Crippen LogP contribution in [0.1, 0.15) is 29.1 Å². The average molecular weight is 314 g/mol. The summed E-state index contributed by atoms with van der Waals surface area (Å²) in [6, 6.07) is 2.72. The third kappa shape index (κ3) is 4.95. The van der Waals surface area contributed by atoms with E-state index >= 15 is 0 Å². The maximum atomic E-state index is 11.4. The first-order chi connectivity index (χ1) is 8.27. The molecule has 0 saturated heterocycles. The van der Waals surface area contributed by atoms with E-state index < -0.39 is 32.5 Å². The number of carboxylic acids is 1. The number of carbonyl (C=O) groups excluding carboxylic acids is 1. The van der Waals surface area contributed by atoms with Crippen LogP contribution in [-0.2, 0) is 14.9 Å². The first-order valence-electron chi connectivity index (χ1n) is 4.79. The van der Waals surface area contributed by atoms with Crippen molar-refractivity contribution >= 4 is 22.1 Å². The standard InChI is InChI=1S/C10H10O7S.K.H/c1-2-17-10(13)7-4-3-6(9(11)12)5-8(7)18(14,15)16;;/h3-5H,2H2,1H3,(H,11,12)(H,14,15,16);;/q;+1;-1. The number of aromatic carboxylic acids is 1. The van der Waals surface area contributed by atoms with Gasteiger partial charge >= 0.3 is 63.3 Å². The molecule has 0 fully saturated rings. The number of carbonyl (C=O) groups is 2. The maximum Gasteiger partial charge on any atom is 1.00 e. The number of hydrogen-bond acceptors (Lipinski definition) is 5. The molecule has 0 aliphatic heterocycles. The molecule has 1 rings (SSSR count). The first kappa shape index (κ1) is 18.7. The van der Waals surface area contributed by atoms with E-state index in [4.69, 9.17) is 9.66 Å². The Morgan fingerprint density at radius 2 is 1.95 bits per heavy atom. The number of rotatable bonds is 4. The molecule has 0 unspecified atom stereocenters. The van der Waals surface area contributed by atoms with Crippen LogP contribution in [0.4, 0.5) is 0 Å². The second-order valence-electron chi connectivity index (χ2n) is 3.21. The molecule has 0 aliphatic rings. The fraction of sp³-hybridized carbons (Fsp3) is 0.200. The summed E-state index contributed by atoms with van der Waals surface area (Å²) in [5.74, 6) is -2.34. The zero-order chi connectivity index (χ0) is 13.9. The average Bonchev–Trinajstić information content (AvgIpc) is 2.27. The Balaban J connectivity index is 0. The second kappa shape index (κ2) is 7.48. The number of hydrogen-bond donors (Lipinski definition) is 2. The smallest absolute Gasteiger partial charge is 1.00 e. The second-order valence-corrected chi connectivity index (χ2v) is 4.60. The van der Waals surface area contributed by atoms with E-state index in [1.165, 1.54) is 6.92 Å². The Bertz CT molecular complexity index is 600. The Kier molecular flexibility index (Phi) is 7.36. The molecule has 2 N–H and O–H groups in total. The first-order valence-corrected chi connectivity index (χ1v) is 6.23. The predicted octanol–water partition coefficient (Wildman–Crippen LogP) is -2.08. The van der Waals surface area contributed by atoms with E-state index in [1.54, 1.807) is 0 Å². The summed E-state index contributed by atoms with van der Waals surface area (Å²) < 4.78 is 35.8. The predicted molar refractivity (Wildman–Crippen MR) is 60.3 cm³/mol. The van der Waals surface area contributed by atoms with Crippen molar-refractivity contribution < 1.29 is 85.2 Å². The van der Waals surface area contributed by atoms with Gasteiger partial charge in [0.1, 0.15) is 4.90 Å². The maximum absolute atomic E-state index is 11.4. The molecule has 0 bridgehead atoms. The molecule has 0 aliphatic carbocycles. The molecular weight excluding hydrogens is 303 g/mol. The molecule has 7 nitrogen and oxygen atoms in total. The monoisotopic (exact) mass is 314 g/mol. The van der Waals surface area contributed by atoms with Gasteiger partial charge in [-0.25, -0.2) is 9.59 Å². The molecule has 1 aromatic carbocycles. The number of carboxylic acid groups (broad SMARTS) is 1. The number of ether oxygens (including phenoxy) is 1. The van der Waals surface area contributed by atoms with Gasteiger partial charge in [0.15, 0.2) is 0 Å². The largest absolute Gasteiger partial charge is 1.00 e. The van der Waals surface area contributed by atoms with Gasteiger partial charge in [0, 0.05) is 0 Å². The summed E-state index contributed by atoms with van der Waals surface area (Å²) in [4.78, 5) is 21.4. The minimum absolute atomic E-state index is 0. The van der Waals surface area contributed by atoms with E-state index in [0.717, 1.165) is 12.1 Å². The van der Waals surface area contributed by atoms with Crippen LogP contribution in [0.3, 0.4) is 0 Å². The van der Waals surface area contributed by atoms with Gasteiger partial charge in [0.25, 0.3) is 10.1 Å². The quantitative estimate of drug-likeness (QED) is 0.372. The van der Waals surface area contributed by atoms with Crippen LogP contribution in [0, 0.1) is 0 Å². The molecule has 9 heteroatoms. The summed E-state index contributed by atoms with van der Waals surface area (Å²) in [7, 11) is -4.72. The Morgan fingerprint density at radius 3 is 2.37 bits per heavy atom. The summed E-state index contributed by atoms with van der Waals surface area (Å²) in [5.41, 5.74) is -0.778. The van der Waals surface area contributed by atoms with Crippen LogP contribution in [0.15, 0.2) is 23.1 Å². The van der Waals surface area contributed by atoms with Gasteiger partial charge in [-0.1, -0.05) is 0 Å². The zero-order valence-corrected chi connectivity index (χ0v) is 14.2. The van der Waals surface area contributed by atoms with Crippen LogP contribution in [-0.4, -0.2) is 36.6 Å². The van der Waals surface area contributed by atoms with Crippen molar-refractivity contribution in [3.05, 3.63) is 29.3 Å². The van der Waals surface area contributed by atoms with Gasteiger partial charge in [-0.3, -0.25) is 4.55 Å². The summed E-state index contributed by atoms with van der Waals surface area (Å²) in [6.07, 6.45) is 0. The third-order valence-corrected chi connectivity index (χ3v) is 2.90. The van der Waals surface area contributed by atoms with Crippen LogP contribution in [0.2, 0.25) is 0 Å². The molecular formula is C10H11KO7S. The molecule has 100 valence electrons. The Labute approximate surface area is 153 Å². The van der Waals surface area contributed by atoms with Crippen LogP contribution < -0.4 is 51.4 Å². The Hall–Kier alpha value is -0.294. The van der Waals surface area contributed by atoms with Gasteiger partial charge in [-0.15, -0.1) is 0 Å². The van der Waals surface area contributed by atoms with Crippen LogP contribution in [0.5, 0.6) is 0 Å². The van der Waals surface area contributed by atoms with E-state index in [2.05, 4.69) is 4.74 Å². The zero-order valence-electron chi connectivity index (χ0n) is 11.3. The molecule has 0 amide bonds. The van der Waals surface area contributed by atoms with Gasteiger partial charge in [0.05, 0.1) is 17.7 Å². The molecule has 1 aromatic rings. The Morgan fingerprint density at radius 1 is 1.37 bits per heavy atom. The van der Waals surface area contributed by atoms with Crippen molar-refractivity contribution in [2.75, 3.05) is 6.61 Å². The molecule has 19 heavy (non-hydrogen) atoms. The van der Waals surface area contributed by atoms with E-state index in [9.17, 15) is 18.0 Å². The fourth-order valence-electron chi connectivity index (χ4n) is 1.25. The van der Waals surface area contributed by atoms with E-state index in [-0.39, 0.29) is 65.0 Å². The molecule has 0 spiro atoms. The van der Waals surface area contributed by atoms with Gasteiger partial charge in [0.2, 0.25) is 0 Å². The van der Waals surface area contributed by atoms with E-state index in [0.29, 0.717) is 6.07 Å². The van der Waals surface area contributed by atoms with Crippen molar-refractivity contribution in [1.29, 1.82) is 0 Å².